The standard InChI is InChI=1S/C15H20N2O2S2/c1-11-10-13(12(2)17(11)14-5-6-14)7-8-16-21(18,19)15-4-3-9-20-15/h3-4,9-10,14,16H,5-8H2,1-2H3. The first-order valence-corrected chi connectivity index (χ1v) is 9.56. The normalized spacial score (nSPS) is 15.5. The molecule has 0 aromatic carbocycles. The van der Waals surface area contributed by atoms with Crippen LogP contribution in [-0.2, 0) is 16.4 Å². The third kappa shape index (κ3) is 3.07. The molecule has 1 aliphatic carbocycles. The third-order valence-corrected chi connectivity index (χ3v) is 6.81. The minimum absolute atomic E-state index is 0.381. The summed E-state index contributed by atoms with van der Waals surface area (Å²) >= 11 is 1.24. The second-order valence-corrected chi connectivity index (χ2v) is 8.52. The summed E-state index contributed by atoms with van der Waals surface area (Å²) in [6.45, 7) is 4.70. The summed E-state index contributed by atoms with van der Waals surface area (Å²) in [7, 11) is -3.35. The van der Waals surface area contributed by atoms with E-state index in [9.17, 15) is 8.42 Å². The van der Waals surface area contributed by atoms with Crippen molar-refractivity contribution in [1.82, 2.24) is 9.29 Å². The predicted molar refractivity (Wildman–Crippen MR) is 85.4 cm³/mol. The van der Waals surface area contributed by atoms with E-state index >= 15 is 0 Å². The van der Waals surface area contributed by atoms with Crippen molar-refractivity contribution < 1.29 is 8.42 Å². The van der Waals surface area contributed by atoms with Crippen LogP contribution in [0.4, 0.5) is 0 Å². The Kier molecular flexibility index (Phi) is 3.94. The number of aryl methyl sites for hydroxylation is 1. The van der Waals surface area contributed by atoms with Crippen molar-refractivity contribution in [3.63, 3.8) is 0 Å². The summed E-state index contributed by atoms with van der Waals surface area (Å²) < 4.78 is 29.6. The first kappa shape index (κ1) is 14.8. The van der Waals surface area contributed by atoms with E-state index in [0.717, 1.165) is 6.42 Å². The van der Waals surface area contributed by atoms with Gasteiger partial charge < -0.3 is 4.57 Å². The molecule has 2 aromatic rings. The fourth-order valence-electron chi connectivity index (χ4n) is 2.80. The van der Waals surface area contributed by atoms with Crippen molar-refractivity contribution in [3.8, 4) is 0 Å². The highest BCUT2D eigenvalue weighted by Crippen LogP contribution is 2.38. The lowest BCUT2D eigenvalue weighted by molar-refractivity contribution is 0.583. The Morgan fingerprint density at radius 2 is 2.14 bits per heavy atom. The van der Waals surface area contributed by atoms with Crippen LogP contribution in [0.15, 0.2) is 27.8 Å². The van der Waals surface area contributed by atoms with E-state index in [0.29, 0.717) is 16.8 Å². The van der Waals surface area contributed by atoms with Gasteiger partial charge in [0.1, 0.15) is 4.21 Å². The summed E-state index contributed by atoms with van der Waals surface area (Å²) in [5, 5.41) is 1.78. The van der Waals surface area contributed by atoms with Crippen molar-refractivity contribution >= 4 is 21.4 Å². The molecule has 2 heterocycles. The molecule has 1 saturated carbocycles. The minimum atomic E-state index is -3.35. The molecule has 0 amide bonds. The first-order valence-electron chi connectivity index (χ1n) is 7.19. The van der Waals surface area contributed by atoms with Crippen molar-refractivity contribution in [2.45, 2.75) is 43.4 Å². The number of nitrogens with zero attached hydrogens (tertiary/aromatic N) is 1. The number of hydrogen-bond acceptors (Lipinski definition) is 3. The fourth-order valence-corrected chi connectivity index (χ4v) is 4.87. The van der Waals surface area contributed by atoms with Gasteiger partial charge in [0.15, 0.2) is 0 Å². The molecule has 0 unspecified atom stereocenters. The molecule has 1 N–H and O–H groups in total. The maximum absolute atomic E-state index is 12.1. The maximum Gasteiger partial charge on any atom is 0.250 e. The summed E-state index contributed by atoms with van der Waals surface area (Å²) in [5.41, 5.74) is 3.81. The smallest absolute Gasteiger partial charge is 0.250 e. The quantitative estimate of drug-likeness (QED) is 0.888. The summed E-state index contributed by atoms with van der Waals surface area (Å²) in [6, 6.07) is 6.24. The average Bonchev–Trinajstić information content (AvgIpc) is 3.00. The van der Waals surface area contributed by atoms with Gasteiger partial charge in [0.2, 0.25) is 10.0 Å². The highest BCUT2D eigenvalue weighted by molar-refractivity contribution is 7.91. The van der Waals surface area contributed by atoms with Crippen LogP contribution in [0.1, 0.15) is 35.8 Å². The molecule has 0 radical (unpaired) electrons. The van der Waals surface area contributed by atoms with E-state index in [1.165, 1.54) is 41.1 Å². The van der Waals surface area contributed by atoms with Crippen molar-refractivity contribution in [1.29, 1.82) is 0 Å². The van der Waals surface area contributed by atoms with E-state index < -0.39 is 10.0 Å². The number of thiophene rings is 1. The molecule has 1 fully saturated rings. The molecule has 4 nitrogen and oxygen atoms in total. The van der Waals surface area contributed by atoms with E-state index in [-0.39, 0.29) is 0 Å². The van der Waals surface area contributed by atoms with Crippen LogP contribution >= 0.6 is 11.3 Å². The van der Waals surface area contributed by atoms with Gasteiger partial charge in [-0.15, -0.1) is 11.3 Å². The zero-order chi connectivity index (χ0) is 15.0. The number of hydrogen-bond donors (Lipinski definition) is 1. The van der Waals surface area contributed by atoms with Gasteiger partial charge in [-0.2, -0.15) is 0 Å². The van der Waals surface area contributed by atoms with Gasteiger partial charge in [0.05, 0.1) is 0 Å². The number of sulfonamides is 1. The van der Waals surface area contributed by atoms with Gasteiger partial charge in [-0.25, -0.2) is 13.1 Å². The Hall–Kier alpha value is -1.11. The van der Waals surface area contributed by atoms with E-state index in [2.05, 4.69) is 29.2 Å². The van der Waals surface area contributed by atoms with Crippen molar-refractivity contribution in [2.24, 2.45) is 0 Å². The molecular formula is C15H20N2O2S2. The van der Waals surface area contributed by atoms with Crippen LogP contribution in [0.25, 0.3) is 0 Å². The van der Waals surface area contributed by atoms with Crippen LogP contribution in [0.3, 0.4) is 0 Å². The molecule has 0 bridgehead atoms. The largest absolute Gasteiger partial charge is 0.346 e. The van der Waals surface area contributed by atoms with Crippen LogP contribution < -0.4 is 4.72 Å². The van der Waals surface area contributed by atoms with Crippen LogP contribution in [0, 0.1) is 13.8 Å². The molecule has 2 aromatic heterocycles. The molecule has 0 atom stereocenters. The molecule has 1 aliphatic rings. The summed E-state index contributed by atoms with van der Waals surface area (Å²) in [5.74, 6) is 0. The van der Waals surface area contributed by atoms with Crippen LogP contribution in [0.2, 0.25) is 0 Å². The number of aromatic nitrogens is 1. The molecule has 114 valence electrons. The summed E-state index contributed by atoms with van der Waals surface area (Å²) in [4.78, 5) is 0. The molecule has 0 saturated heterocycles. The molecule has 6 heteroatoms. The second-order valence-electron chi connectivity index (χ2n) is 5.58. The highest BCUT2D eigenvalue weighted by atomic mass is 32.2. The van der Waals surface area contributed by atoms with Crippen LogP contribution in [-0.4, -0.2) is 19.5 Å². The highest BCUT2D eigenvalue weighted by Gasteiger charge is 2.26. The Labute approximate surface area is 129 Å². The third-order valence-electron chi connectivity index (χ3n) is 3.95. The lowest BCUT2D eigenvalue weighted by Gasteiger charge is -2.08. The van der Waals surface area contributed by atoms with E-state index in [1.54, 1.807) is 17.5 Å². The van der Waals surface area contributed by atoms with Crippen molar-refractivity contribution in [2.75, 3.05) is 6.54 Å². The molecule has 3 rings (SSSR count). The Morgan fingerprint density at radius 3 is 2.76 bits per heavy atom. The molecule has 21 heavy (non-hydrogen) atoms. The molecule has 0 spiro atoms. The first-order chi connectivity index (χ1) is 9.99. The van der Waals surface area contributed by atoms with E-state index in [1.807, 2.05) is 0 Å². The minimum Gasteiger partial charge on any atom is -0.346 e. The summed E-state index contributed by atoms with van der Waals surface area (Å²) in [6.07, 6.45) is 3.26. The van der Waals surface area contributed by atoms with Crippen LogP contribution in [0.5, 0.6) is 0 Å². The topological polar surface area (TPSA) is 51.1 Å². The van der Waals surface area contributed by atoms with Crippen molar-refractivity contribution in [3.05, 3.63) is 40.5 Å². The molecular weight excluding hydrogens is 304 g/mol. The Balaban J connectivity index is 1.65. The lowest BCUT2D eigenvalue weighted by atomic mass is 10.2. The zero-order valence-electron chi connectivity index (χ0n) is 12.3. The predicted octanol–water partition coefficient (Wildman–Crippen LogP) is 3.02. The van der Waals surface area contributed by atoms with Gasteiger partial charge in [0.25, 0.3) is 0 Å². The average molecular weight is 324 g/mol. The zero-order valence-corrected chi connectivity index (χ0v) is 13.9. The maximum atomic E-state index is 12.1. The van der Waals surface area contributed by atoms with Gasteiger partial charge in [0, 0.05) is 24.0 Å². The fraction of sp³-hybridized carbons (Fsp3) is 0.467. The Bertz CT molecular complexity index is 726. The lowest BCUT2D eigenvalue weighted by Crippen LogP contribution is -2.25. The van der Waals surface area contributed by atoms with E-state index in [4.69, 9.17) is 0 Å². The number of nitrogens with one attached hydrogen (secondary N) is 1. The number of rotatable bonds is 6. The molecule has 0 aliphatic heterocycles. The van der Waals surface area contributed by atoms with Gasteiger partial charge in [-0.3, -0.25) is 0 Å². The Morgan fingerprint density at radius 1 is 1.38 bits per heavy atom. The monoisotopic (exact) mass is 324 g/mol. The van der Waals surface area contributed by atoms with Gasteiger partial charge in [-0.05, 0) is 56.2 Å². The van der Waals surface area contributed by atoms with Gasteiger partial charge >= 0.3 is 0 Å². The van der Waals surface area contributed by atoms with Gasteiger partial charge in [-0.1, -0.05) is 6.07 Å². The second kappa shape index (κ2) is 5.59. The SMILES string of the molecule is Cc1cc(CCNS(=O)(=O)c2cccs2)c(C)n1C1CC1.